The molecule has 1 amide bonds. The number of benzene rings is 2. The number of ether oxygens (including phenoxy) is 1. The summed E-state index contributed by atoms with van der Waals surface area (Å²) < 4.78 is 7.09. The summed E-state index contributed by atoms with van der Waals surface area (Å²) in [6, 6.07) is 13.1. The third-order valence-corrected chi connectivity index (χ3v) is 5.12. The second kappa shape index (κ2) is 6.81. The van der Waals surface area contributed by atoms with Gasteiger partial charge in [0.2, 0.25) is 4.96 Å². The van der Waals surface area contributed by atoms with Crippen LogP contribution in [-0.2, 0) is 0 Å². The van der Waals surface area contributed by atoms with E-state index in [1.807, 2.05) is 50.2 Å². The van der Waals surface area contributed by atoms with Crippen LogP contribution in [0.4, 0.5) is 5.69 Å². The Bertz CT molecular complexity index is 1150. The highest BCUT2D eigenvalue weighted by atomic mass is 32.1. The molecule has 0 aliphatic rings. The quantitative estimate of drug-likeness (QED) is 0.584. The van der Waals surface area contributed by atoms with E-state index in [0.717, 1.165) is 26.9 Å². The number of nitrogens with one attached hydrogen (secondary N) is 1. The second-order valence-corrected chi connectivity index (χ2v) is 7.00. The van der Waals surface area contributed by atoms with Gasteiger partial charge in [0, 0.05) is 11.3 Å². The highest BCUT2D eigenvalue weighted by Crippen LogP contribution is 2.28. The first-order valence-electron chi connectivity index (χ1n) is 8.31. The molecule has 0 bridgehead atoms. The average molecular weight is 379 g/mol. The van der Waals surface area contributed by atoms with Gasteiger partial charge in [0.25, 0.3) is 5.91 Å². The Morgan fingerprint density at radius 2 is 1.96 bits per heavy atom. The van der Waals surface area contributed by atoms with E-state index in [4.69, 9.17) is 4.74 Å². The summed E-state index contributed by atoms with van der Waals surface area (Å²) in [5.74, 6) is 1.10. The van der Waals surface area contributed by atoms with Crippen LogP contribution < -0.4 is 10.1 Å². The van der Waals surface area contributed by atoms with Crippen LogP contribution in [0.25, 0.3) is 15.5 Å². The number of aryl methyl sites for hydroxylation is 2. The minimum Gasteiger partial charge on any atom is -0.496 e. The number of carbonyl (C=O) groups excluding carboxylic acids is 1. The van der Waals surface area contributed by atoms with Crippen molar-refractivity contribution in [3.63, 3.8) is 0 Å². The Balaban J connectivity index is 1.63. The molecule has 27 heavy (non-hydrogen) atoms. The number of carbonyl (C=O) groups is 1. The fourth-order valence-electron chi connectivity index (χ4n) is 2.86. The maximum atomic E-state index is 12.7. The van der Waals surface area contributed by atoms with E-state index in [-0.39, 0.29) is 5.91 Å². The largest absolute Gasteiger partial charge is 0.496 e. The number of aromatic nitrogens is 4. The second-order valence-electron chi connectivity index (χ2n) is 6.04. The average Bonchev–Trinajstić information content (AvgIpc) is 3.24. The molecule has 4 aromatic rings. The van der Waals surface area contributed by atoms with Gasteiger partial charge in [0.05, 0.1) is 12.7 Å². The van der Waals surface area contributed by atoms with Crippen molar-refractivity contribution in [1.82, 2.24) is 19.8 Å². The Morgan fingerprint density at radius 3 is 2.74 bits per heavy atom. The Labute approximate surface area is 159 Å². The predicted octanol–water partition coefficient (Wildman–Crippen LogP) is 3.73. The van der Waals surface area contributed by atoms with E-state index >= 15 is 0 Å². The van der Waals surface area contributed by atoms with E-state index in [0.29, 0.717) is 17.0 Å². The minimum atomic E-state index is -0.221. The zero-order chi connectivity index (χ0) is 19.0. The fraction of sp³-hybridized carbons (Fsp3) is 0.158. The molecule has 2 aromatic carbocycles. The van der Waals surface area contributed by atoms with Crippen LogP contribution >= 0.6 is 11.3 Å². The molecular weight excluding hydrogens is 362 g/mol. The van der Waals surface area contributed by atoms with Gasteiger partial charge in [-0.2, -0.15) is 9.61 Å². The molecule has 0 unspecified atom stereocenters. The number of fused-ring (bicyclic) bond motifs is 1. The molecule has 0 saturated heterocycles. The summed E-state index contributed by atoms with van der Waals surface area (Å²) in [5.41, 5.74) is 2.99. The summed E-state index contributed by atoms with van der Waals surface area (Å²) in [4.78, 5) is 13.4. The maximum Gasteiger partial charge on any atom is 0.259 e. The van der Waals surface area contributed by atoms with Gasteiger partial charge in [-0.15, -0.1) is 10.2 Å². The van der Waals surface area contributed by atoms with Gasteiger partial charge >= 0.3 is 0 Å². The van der Waals surface area contributed by atoms with Crippen LogP contribution in [0.2, 0.25) is 0 Å². The third kappa shape index (κ3) is 3.15. The number of amides is 1. The molecule has 0 spiro atoms. The Kier molecular flexibility index (Phi) is 4.33. The molecule has 0 atom stereocenters. The predicted molar refractivity (Wildman–Crippen MR) is 105 cm³/mol. The number of anilines is 1. The van der Waals surface area contributed by atoms with Gasteiger partial charge in [-0.05, 0) is 37.6 Å². The zero-order valence-electron chi connectivity index (χ0n) is 15.1. The lowest BCUT2D eigenvalue weighted by Crippen LogP contribution is -2.13. The van der Waals surface area contributed by atoms with E-state index in [1.54, 1.807) is 17.7 Å². The molecular formula is C19H17N5O2S. The van der Waals surface area contributed by atoms with Crippen molar-refractivity contribution in [3.8, 4) is 16.3 Å². The van der Waals surface area contributed by atoms with E-state index in [2.05, 4.69) is 20.6 Å². The van der Waals surface area contributed by atoms with Crippen LogP contribution in [0, 0.1) is 13.8 Å². The number of nitrogens with zero attached hydrogens (tertiary/aromatic N) is 4. The van der Waals surface area contributed by atoms with Crippen molar-refractivity contribution < 1.29 is 9.53 Å². The Hall–Kier alpha value is -3.26. The molecule has 4 rings (SSSR count). The van der Waals surface area contributed by atoms with E-state index in [9.17, 15) is 4.79 Å². The number of hydrogen-bond acceptors (Lipinski definition) is 6. The summed E-state index contributed by atoms with van der Waals surface area (Å²) >= 11 is 1.45. The molecule has 0 aliphatic heterocycles. The monoisotopic (exact) mass is 379 g/mol. The summed E-state index contributed by atoms with van der Waals surface area (Å²) in [6.07, 6.45) is 0. The molecule has 1 N–H and O–H groups in total. The van der Waals surface area contributed by atoms with Crippen molar-refractivity contribution in [2.24, 2.45) is 0 Å². The number of methoxy groups -OCH3 is 1. The van der Waals surface area contributed by atoms with Crippen molar-refractivity contribution in [3.05, 3.63) is 59.4 Å². The SMILES string of the molecule is COc1c(C)cccc1C(=O)Nc1cccc(-c2nn3c(C)nnc3s2)c1. The lowest BCUT2D eigenvalue weighted by Gasteiger charge is -2.12. The highest BCUT2D eigenvalue weighted by Gasteiger charge is 2.15. The molecule has 7 nitrogen and oxygen atoms in total. The molecule has 0 radical (unpaired) electrons. The van der Waals surface area contributed by atoms with Gasteiger partial charge in [-0.25, -0.2) is 0 Å². The summed E-state index contributed by atoms with van der Waals surface area (Å²) in [6.45, 7) is 3.77. The molecule has 2 heterocycles. The van der Waals surface area contributed by atoms with Gasteiger partial charge in [-0.1, -0.05) is 35.6 Å². The molecule has 136 valence electrons. The maximum absolute atomic E-state index is 12.7. The topological polar surface area (TPSA) is 81.4 Å². The smallest absolute Gasteiger partial charge is 0.259 e. The van der Waals surface area contributed by atoms with Crippen LogP contribution in [0.5, 0.6) is 5.75 Å². The lowest BCUT2D eigenvalue weighted by molar-refractivity contribution is 0.102. The molecule has 0 saturated carbocycles. The van der Waals surface area contributed by atoms with Crippen LogP contribution in [0.1, 0.15) is 21.7 Å². The van der Waals surface area contributed by atoms with Gasteiger partial charge in [0.1, 0.15) is 10.8 Å². The first kappa shape index (κ1) is 17.2. The minimum absolute atomic E-state index is 0.221. The molecule has 8 heteroatoms. The van der Waals surface area contributed by atoms with E-state index in [1.165, 1.54) is 11.3 Å². The number of para-hydroxylation sites is 1. The first-order chi connectivity index (χ1) is 13.1. The van der Waals surface area contributed by atoms with Crippen molar-refractivity contribution in [1.29, 1.82) is 0 Å². The van der Waals surface area contributed by atoms with Crippen LogP contribution in [-0.4, -0.2) is 32.8 Å². The number of rotatable bonds is 4. The summed E-state index contributed by atoms with van der Waals surface area (Å²) in [7, 11) is 1.56. The first-order valence-corrected chi connectivity index (χ1v) is 9.12. The van der Waals surface area contributed by atoms with Crippen LogP contribution in [0.15, 0.2) is 42.5 Å². The summed E-state index contributed by atoms with van der Waals surface area (Å²) in [5, 5.41) is 16.4. The molecule has 0 aliphatic carbocycles. The third-order valence-electron chi connectivity index (χ3n) is 4.17. The van der Waals surface area contributed by atoms with Crippen LogP contribution in [0.3, 0.4) is 0 Å². The van der Waals surface area contributed by atoms with Gasteiger partial charge < -0.3 is 10.1 Å². The standard InChI is InChI=1S/C19H17N5O2S/c1-11-6-4-9-15(16(11)26-3)17(25)20-14-8-5-7-13(10-14)18-23-24-12(2)21-22-19(24)27-18/h4-10H,1-3H3,(H,20,25). The Morgan fingerprint density at radius 1 is 1.15 bits per heavy atom. The highest BCUT2D eigenvalue weighted by molar-refractivity contribution is 7.19. The van der Waals surface area contributed by atoms with Crippen molar-refractivity contribution in [2.45, 2.75) is 13.8 Å². The molecule has 2 aromatic heterocycles. The zero-order valence-corrected chi connectivity index (χ0v) is 15.9. The normalized spacial score (nSPS) is 10.9. The lowest BCUT2D eigenvalue weighted by atomic mass is 10.1. The van der Waals surface area contributed by atoms with Crippen molar-refractivity contribution in [2.75, 3.05) is 12.4 Å². The molecule has 0 fully saturated rings. The van der Waals surface area contributed by atoms with Gasteiger partial charge in [0.15, 0.2) is 5.82 Å². The van der Waals surface area contributed by atoms with Gasteiger partial charge in [-0.3, -0.25) is 4.79 Å². The fourth-order valence-corrected chi connectivity index (χ4v) is 3.74. The van der Waals surface area contributed by atoms with E-state index < -0.39 is 0 Å². The van der Waals surface area contributed by atoms with Crippen molar-refractivity contribution >= 4 is 27.9 Å². The number of hydrogen-bond donors (Lipinski definition) is 1.